The predicted octanol–water partition coefficient (Wildman–Crippen LogP) is 1.90. The average molecular weight is 179 g/mol. The van der Waals surface area contributed by atoms with Gasteiger partial charge in [0.1, 0.15) is 6.10 Å². The highest BCUT2D eigenvalue weighted by molar-refractivity contribution is 7.10. The quantitative estimate of drug-likeness (QED) is 0.694. The van der Waals surface area contributed by atoms with E-state index in [2.05, 4.69) is 9.36 Å². The third-order valence-electron chi connectivity index (χ3n) is 1.13. The molecule has 1 heterocycles. The van der Waals surface area contributed by atoms with E-state index in [1.54, 1.807) is 7.11 Å². The van der Waals surface area contributed by atoms with Crippen LogP contribution in [0.2, 0.25) is 4.47 Å². The molecule has 0 N–H and O–H groups in total. The minimum absolute atomic E-state index is 0.0660. The molecule has 3 nitrogen and oxygen atoms in total. The van der Waals surface area contributed by atoms with Crippen molar-refractivity contribution in [3.8, 4) is 0 Å². The number of halogens is 1. The van der Waals surface area contributed by atoms with Gasteiger partial charge in [-0.15, -0.1) is 0 Å². The molecule has 1 rings (SSSR count). The molecule has 1 unspecified atom stereocenters. The summed E-state index contributed by atoms with van der Waals surface area (Å²) in [5, 5.41) is 0. The summed E-state index contributed by atoms with van der Waals surface area (Å²) in [6.07, 6.45) is -0.0660. The van der Waals surface area contributed by atoms with Crippen LogP contribution in [0.3, 0.4) is 0 Å². The molecule has 0 aliphatic heterocycles. The predicted molar refractivity (Wildman–Crippen MR) is 40.3 cm³/mol. The van der Waals surface area contributed by atoms with E-state index in [0.717, 1.165) is 0 Å². The number of rotatable bonds is 2. The lowest BCUT2D eigenvalue weighted by Gasteiger charge is -2.01. The van der Waals surface area contributed by atoms with Crippen molar-refractivity contribution >= 4 is 23.1 Å². The van der Waals surface area contributed by atoms with E-state index in [4.69, 9.17) is 16.3 Å². The van der Waals surface area contributed by atoms with Crippen molar-refractivity contribution in [2.75, 3.05) is 7.11 Å². The van der Waals surface area contributed by atoms with E-state index in [0.29, 0.717) is 10.3 Å². The standard InChI is InChI=1S/C5H7ClN2OS/c1-3(9-2)4-7-5(6)10-8-4/h3H,1-2H3. The summed E-state index contributed by atoms with van der Waals surface area (Å²) in [6.45, 7) is 1.87. The fourth-order valence-electron chi connectivity index (χ4n) is 0.486. The van der Waals surface area contributed by atoms with E-state index in [1.165, 1.54) is 11.5 Å². The first-order chi connectivity index (χ1) is 4.74. The molecular weight excluding hydrogens is 172 g/mol. The lowest BCUT2D eigenvalue weighted by molar-refractivity contribution is 0.113. The number of hydrogen-bond acceptors (Lipinski definition) is 4. The molecule has 1 aromatic rings. The highest BCUT2D eigenvalue weighted by Crippen LogP contribution is 2.17. The third-order valence-corrected chi connectivity index (χ3v) is 1.95. The first-order valence-electron chi connectivity index (χ1n) is 2.76. The van der Waals surface area contributed by atoms with Crippen LogP contribution in [0.4, 0.5) is 0 Å². The van der Waals surface area contributed by atoms with Gasteiger partial charge < -0.3 is 4.74 Å². The normalized spacial score (nSPS) is 13.5. The van der Waals surface area contributed by atoms with Gasteiger partial charge in [-0.25, -0.2) is 4.98 Å². The van der Waals surface area contributed by atoms with Crippen LogP contribution in [0.5, 0.6) is 0 Å². The van der Waals surface area contributed by atoms with Crippen molar-refractivity contribution < 1.29 is 4.74 Å². The summed E-state index contributed by atoms with van der Waals surface area (Å²) in [4.78, 5) is 3.93. The van der Waals surface area contributed by atoms with Gasteiger partial charge in [0.05, 0.1) is 0 Å². The molecule has 0 fully saturated rings. The summed E-state index contributed by atoms with van der Waals surface area (Å²) < 4.78 is 9.39. The van der Waals surface area contributed by atoms with Gasteiger partial charge in [-0.2, -0.15) is 4.37 Å². The fourth-order valence-corrected chi connectivity index (χ4v) is 1.17. The molecule has 0 saturated heterocycles. The van der Waals surface area contributed by atoms with Crippen molar-refractivity contribution in [2.45, 2.75) is 13.0 Å². The third kappa shape index (κ3) is 1.65. The summed E-state index contributed by atoms with van der Waals surface area (Å²) in [6, 6.07) is 0. The Labute approximate surface area is 68.2 Å². The van der Waals surface area contributed by atoms with Crippen molar-refractivity contribution in [3.63, 3.8) is 0 Å². The molecule has 0 bridgehead atoms. The van der Waals surface area contributed by atoms with E-state index in [1.807, 2.05) is 6.92 Å². The largest absolute Gasteiger partial charge is 0.374 e. The Bertz CT molecular complexity index is 215. The van der Waals surface area contributed by atoms with E-state index < -0.39 is 0 Å². The van der Waals surface area contributed by atoms with E-state index >= 15 is 0 Å². The van der Waals surface area contributed by atoms with Crippen LogP contribution in [0.15, 0.2) is 0 Å². The number of nitrogens with zero attached hydrogens (tertiary/aromatic N) is 2. The summed E-state index contributed by atoms with van der Waals surface area (Å²) in [5.74, 6) is 0.650. The lowest BCUT2D eigenvalue weighted by Crippen LogP contribution is -1.97. The van der Waals surface area contributed by atoms with Crippen molar-refractivity contribution in [1.29, 1.82) is 0 Å². The molecular formula is C5H7ClN2OS. The van der Waals surface area contributed by atoms with Gasteiger partial charge >= 0.3 is 0 Å². The highest BCUT2D eigenvalue weighted by atomic mass is 35.5. The highest BCUT2D eigenvalue weighted by Gasteiger charge is 2.08. The Balaban J connectivity index is 2.74. The van der Waals surface area contributed by atoms with Crippen LogP contribution in [0, 0.1) is 0 Å². The molecule has 0 radical (unpaired) electrons. The molecule has 56 valence electrons. The van der Waals surface area contributed by atoms with Crippen LogP contribution in [0.1, 0.15) is 18.9 Å². The van der Waals surface area contributed by atoms with Gasteiger partial charge in [0.25, 0.3) is 0 Å². The number of methoxy groups -OCH3 is 1. The maximum atomic E-state index is 5.55. The minimum atomic E-state index is -0.0660. The molecule has 5 heteroatoms. The topological polar surface area (TPSA) is 35.0 Å². The SMILES string of the molecule is COC(C)c1nsc(Cl)n1. The number of hydrogen-bond donors (Lipinski definition) is 0. The zero-order chi connectivity index (χ0) is 7.56. The van der Waals surface area contributed by atoms with Crippen LogP contribution in [-0.4, -0.2) is 16.5 Å². The van der Waals surface area contributed by atoms with Gasteiger partial charge in [0, 0.05) is 7.11 Å². The molecule has 10 heavy (non-hydrogen) atoms. The van der Waals surface area contributed by atoms with Gasteiger partial charge in [0.2, 0.25) is 4.47 Å². The van der Waals surface area contributed by atoms with Crippen LogP contribution < -0.4 is 0 Å². The van der Waals surface area contributed by atoms with Crippen LogP contribution in [-0.2, 0) is 4.74 Å². The zero-order valence-corrected chi connectivity index (χ0v) is 7.24. The number of ether oxygens (including phenoxy) is 1. The Morgan fingerprint density at radius 1 is 1.70 bits per heavy atom. The van der Waals surface area contributed by atoms with E-state index in [-0.39, 0.29) is 6.10 Å². The minimum Gasteiger partial charge on any atom is -0.374 e. The average Bonchev–Trinajstić information content (AvgIpc) is 2.34. The van der Waals surface area contributed by atoms with Gasteiger partial charge in [0.15, 0.2) is 5.82 Å². The molecule has 0 saturated carbocycles. The summed E-state index contributed by atoms with van der Waals surface area (Å²) in [5.41, 5.74) is 0. The Hall–Kier alpha value is -0.190. The fraction of sp³-hybridized carbons (Fsp3) is 0.600. The molecule has 0 spiro atoms. The molecule has 0 aromatic carbocycles. The second-order valence-corrected chi connectivity index (χ2v) is 3.12. The first-order valence-corrected chi connectivity index (χ1v) is 3.91. The van der Waals surface area contributed by atoms with Gasteiger partial charge in [-0.3, -0.25) is 0 Å². The maximum absolute atomic E-state index is 5.55. The Morgan fingerprint density at radius 3 is 2.80 bits per heavy atom. The molecule has 0 amide bonds. The van der Waals surface area contributed by atoms with Gasteiger partial charge in [-0.05, 0) is 30.1 Å². The van der Waals surface area contributed by atoms with Crippen LogP contribution >= 0.6 is 23.1 Å². The maximum Gasteiger partial charge on any atom is 0.203 e. The first kappa shape index (κ1) is 7.91. The molecule has 0 aliphatic carbocycles. The molecule has 1 atom stereocenters. The van der Waals surface area contributed by atoms with Gasteiger partial charge in [-0.1, -0.05) is 0 Å². The Kier molecular flexibility index (Phi) is 2.59. The molecule has 1 aromatic heterocycles. The second-order valence-electron chi connectivity index (χ2n) is 1.78. The smallest absolute Gasteiger partial charge is 0.203 e. The van der Waals surface area contributed by atoms with Crippen molar-refractivity contribution in [1.82, 2.24) is 9.36 Å². The van der Waals surface area contributed by atoms with Crippen molar-refractivity contribution in [2.24, 2.45) is 0 Å². The zero-order valence-electron chi connectivity index (χ0n) is 5.67. The van der Waals surface area contributed by atoms with E-state index in [9.17, 15) is 0 Å². The summed E-state index contributed by atoms with van der Waals surface area (Å²) in [7, 11) is 1.61. The number of aromatic nitrogens is 2. The monoisotopic (exact) mass is 178 g/mol. The Morgan fingerprint density at radius 2 is 2.40 bits per heavy atom. The second kappa shape index (κ2) is 3.27. The molecule has 0 aliphatic rings. The van der Waals surface area contributed by atoms with Crippen molar-refractivity contribution in [3.05, 3.63) is 10.3 Å². The van der Waals surface area contributed by atoms with Crippen LogP contribution in [0.25, 0.3) is 0 Å². The summed E-state index contributed by atoms with van der Waals surface area (Å²) >= 11 is 6.72. The lowest BCUT2D eigenvalue weighted by atomic mass is 10.4.